The van der Waals surface area contributed by atoms with Crippen molar-refractivity contribution in [3.05, 3.63) is 90.0 Å². The van der Waals surface area contributed by atoms with Crippen LogP contribution in [0.1, 0.15) is 256 Å². The third-order valence-electron chi connectivity index (χ3n) is 13.3. The highest BCUT2D eigenvalue weighted by Gasteiger charge is 2.39. The van der Waals surface area contributed by atoms with Crippen molar-refractivity contribution in [3.63, 3.8) is 0 Å². The van der Waals surface area contributed by atoms with Gasteiger partial charge in [0.1, 0.15) is 5.82 Å². The summed E-state index contributed by atoms with van der Waals surface area (Å²) in [7, 11) is 0. The first-order valence-corrected chi connectivity index (χ1v) is 25.3. The molecule has 3 aromatic rings. The minimum Gasteiger partial charge on any atom is -0.335 e. The van der Waals surface area contributed by atoms with Crippen LogP contribution < -0.4 is 0 Å². The normalized spacial score (nSPS) is 13.2. The third kappa shape index (κ3) is 22.0. The van der Waals surface area contributed by atoms with Crippen LogP contribution in [-0.4, -0.2) is 9.55 Å². The Morgan fingerprint density at radius 2 is 0.825 bits per heavy atom. The molecule has 2 atom stereocenters. The van der Waals surface area contributed by atoms with Gasteiger partial charge in [0.05, 0.1) is 0 Å². The zero-order valence-electron chi connectivity index (χ0n) is 38.1. The Morgan fingerprint density at radius 1 is 0.456 bits per heavy atom. The van der Waals surface area contributed by atoms with E-state index < -0.39 is 0 Å². The van der Waals surface area contributed by atoms with Crippen LogP contribution in [0.5, 0.6) is 0 Å². The SMILES string of the molecule is CCCCCCCCCCCCCCCCCCCn1ccnc1C(CCCCCCCCCCCCCCCCC)C(C)(Cc1ccccc1)c1ccccc1. The molecule has 0 spiro atoms. The summed E-state index contributed by atoms with van der Waals surface area (Å²) in [5.41, 5.74) is 2.85. The molecule has 0 saturated heterocycles. The van der Waals surface area contributed by atoms with Crippen molar-refractivity contribution in [1.82, 2.24) is 9.55 Å². The number of hydrogen-bond donors (Lipinski definition) is 0. The number of hydrogen-bond acceptors (Lipinski definition) is 1. The molecule has 1 heterocycles. The lowest BCUT2D eigenvalue weighted by atomic mass is 9.66. The van der Waals surface area contributed by atoms with Crippen molar-refractivity contribution in [2.75, 3.05) is 0 Å². The van der Waals surface area contributed by atoms with Crippen LogP contribution in [0, 0.1) is 0 Å². The first-order valence-electron chi connectivity index (χ1n) is 25.3. The number of unbranched alkanes of at least 4 members (excludes halogenated alkanes) is 30. The standard InChI is InChI=1S/C55H92N2/c1-4-6-8-10-12-14-16-18-20-21-23-25-27-29-31-33-41-48-57-49-47-56-54(57)53(46-40-32-30-28-26-24-22-19-17-15-13-11-9-7-5-2)55(3,52-44-38-35-39-45-52)50-51-42-36-34-37-43-51/h34-39,42-45,47,49,53H,4-33,40-41,46,48,50H2,1-3H3. The summed E-state index contributed by atoms with van der Waals surface area (Å²) in [5.74, 6) is 1.70. The molecule has 0 fully saturated rings. The second-order valence-electron chi connectivity index (χ2n) is 18.4. The van der Waals surface area contributed by atoms with Gasteiger partial charge in [-0.2, -0.15) is 0 Å². The van der Waals surface area contributed by atoms with Crippen LogP contribution in [0.15, 0.2) is 73.1 Å². The maximum atomic E-state index is 5.20. The van der Waals surface area contributed by atoms with E-state index in [2.05, 4.69) is 98.4 Å². The second-order valence-corrected chi connectivity index (χ2v) is 18.4. The number of imidazole rings is 1. The lowest BCUT2D eigenvalue weighted by molar-refractivity contribution is 0.321. The molecule has 0 aliphatic carbocycles. The number of rotatable bonds is 39. The molecule has 0 amide bonds. The van der Waals surface area contributed by atoms with Crippen LogP contribution in [0.2, 0.25) is 0 Å². The first-order chi connectivity index (χ1) is 28.2. The Balaban J connectivity index is 1.44. The zero-order chi connectivity index (χ0) is 40.3. The van der Waals surface area contributed by atoms with E-state index >= 15 is 0 Å². The molecule has 0 N–H and O–H groups in total. The minimum atomic E-state index is -0.0318. The summed E-state index contributed by atoms with van der Waals surface area (Å²) in [6, 6.07) is 22.7. The van der Waals surface area contributed by atoms with E-state index in [4.69, 9.17) is 4.98 Å². The largest absolute Gasteiger partial charge is 0.335 e. The van der Waals surface area contributed by atoms with E-state index in [1.807, 2.05) is 0 Å². The van der Waals surface area contributed by atoms with Gasteiger partial charge in [0.2, 0.25) is 0 Å². The predicted molar refractivity (Wildman–Crippen MR) is 253 cm³/mol. The fourth-order valence-corrected chi connectivity index (χ4v) is 9.54. The molecule has 57 heavy (non-hydrogen) atoms. The molecule has 0 aliphatic heterocycles. The maximum Gasteiger partial charge on any atom is 0.112 e. The lowest BCUT2D eigenvalue weighted by Gasteiger charge is -2.39. The first kappa shape index (κ1) is 49.0. The van der Waals surface area contributed by atoms with Gasteiger partial charge in [0.25, 0.3) is 0 Å². The van der Waals surface area contributed by atoms with Crippen molar-refractivity contribution in [1.29, 1.82) is 0 Å². The molecule has 1 aromatic heterocycles. The number of aryl methyl sites for hydroxylation is 1. The van der Waals surface area contributed by atoms with Crippen LogP contribution in [0.3, 0.4) is 0 Å². The molecule has 0 bridgehead atoms. The Labute approximate surface area is 355 Å². The third-order valence-corrected chi connectivity index (χ3v) is 13.3. The number of benzene rings is 2. The van der Waals surface area contributed by atoms with E-state index in [-0.39, 0.29) is 5.41 Å². The average molecular weight is 781 g/mol. The molecule has 2 heteroatoms. The molecule has 322 valence electrons. The summed E-state index contributed by atoms with van der Waals surface area (Å²) in [6.45, 7) is 8.26. The summed E-state index contributed by atoms with van der Waals surface area (Å²) >= 11 is 0. The van der Waals surface area contributed by atoms with E-state index in [9.17, 15) is 0 Å². The number of nitrogens with zero attached hydrogens (tertiary/aromatic N) is 2. The molecule has 0 aliphatic rings. The fraction of sp³-hybridized carbons (Fsp3) is 0.727. The summed E-state index contributed by atoms with van der Waals surface area (Å²) in [6.07, 6.45) is 51.9. The van der Waals surface area contributed by atoms with Gasteiger partial charge in [-0.15, -0.1) is 0 Å². The topological polar surface area (TPSA) is 17.8 Å². The van der Waals surface area contributed by atoms with Crippen LogP contribution in [0.4, 0.5) is 0 Å². The van der Waals surface area contributed by atoms with Gasteiger partial charge >= 0.3 is 0 Å². The predicted octanol–water partition coefficient (Wildman–Crippen LogP) is 18.1. The van der Waals surface area contributed by atoms with Crippen molar-refractivity contribution in [3.8, 4) is 0 Å². The van der Waals surface area contributed by atoms with Crippen molar-refractivity contribution < 1.29 is 0 Å². The molecule has 2 nitrogen and oxygen atoms in total. The Kier molecular flexibility index (Phi) is 28.8. The monoisotopic (exact) mass is 781 g/mol. The van der Waals surface area contributed by atoms with E-state index in [1.54, 1.807) is 0 Å². The van der Waals surface area contributed by atoms with Gasteiger partial charge < -0.3 is 4.57 Å². The van der Waals surface area contributed by atoms with Crippen molar-refractivity contribution in [2.45, 2.75) is 257 Å². The van der Waals surface area contributed by atoms with Crippen molar-refractivity contribution in [2.24, 2.45) is 0 Å². The number of aromatic nitrogens is 2. The van der Waals surface area contributed by atoms with Gasteiger partial charge in [-0.05, 0) is 30.4 Å². The van der Waals surface area contributed by atoms with E-state index in [1.165, 1.54) is 229 Å². The lowest BCUT2D eigenvalue weighted by Crippen LogP contribution is -2.35. The highest BCUT2D eigenvalue weighted by atomic mass is 15.1. The Bertz CT molecular complexity index is 1280. The Morgan fingerprint density at radius 3 is 1.25 bits per heavy atom. The summed E-state index contributed by atoms with van der Waals surface area (Å²) in [4.78, 5) is 5.20. The minimum absolute atomic E-state index is 0.0318. The average Bonchev–Trinajstić information content (AvgIpc) is 3.70. The van der Waals surface area contributed by atoms with Gasteiger partial charge in [-0.1, -0.05) is 280 Å². The highest BCUT2D eigenvalue weighted by molar-refractivity contribution is 5.33. The van der Waals surface area contributed by atoms with Gasteiger partial charge in [-0.25, -0.2) is 4.98 Å². The van der Waals surface area contributed by atoms with Crippen LogP contribution in [-0.2, 0) is 18.4 Å². The smallest absolute Gasteiger partial charge is 0.112 e. The van der Waals surface area contributed by atoms with Gasteiger partial charge in [-0.3, -0.25) is 0 Å². The molecule has 0 radical (unpaired) electrons. The van der Waals surface area contributed by atoms with Crippen LogP contribution in [0.25, 0.3) is 0 Å². The Hall–Kier alpha value is -2.35. The fourth-order valence-electron chi connectivity index (χ4n) is 9.54. The van der Waals surface area contributed by atoms with E-state index in [0.29, 0.717) is 5.92 Å². The quantitative estimate of drug-likeness (QED) is 0.0527. The summed E-state index contributed by atoms with van der Waals surface area (Å²) in [5, 5.41) is 0. The molecule has 0 saturated carbocycles. The molecule has 3 rings (SSSR count). The maximum absolute atomic E-state index is 5.20. The van der Waals surface area contributed by atoms with Crippen LogP contribution >= 0.6 is 0 Å². The van der Waals surface area contributed by atoms with Crippen molar-refractivity contribution >= 4 is 0 Å². The van der Waals surface area contributed by atoms with E-state index in [0.717, 1.165) is 13.0 Å². The molecule has 2 aromatic carbocycles. The molecular formula is C55H92N2. The zero-order valence-corrected chi connectivity index (χ0v) is 38.1. The highest BCUT2D eigenvalue weighted by Crippen LogP contribution is 2.44. The second kappa shape index (κ2) is 33.5. The molecule has 2 unspecified atom stereocenters. The van der Waals surface area contributed by atoms with Gasteiger partial charge in [0, 0.05) is 30.3 Å². The molecular weight excluding hydrogens is 689 g/mol. The van der Waals surface area contributed by atoms with Gasteiger partial charge in [0.15, 0.2) is 0 Å². The summed E-state index contributed by atoms with van der Waals surface area (Å²) < 4.78 is 2.55.